The lowest BCUT2D eigenvalue weighted by atomic mass is 10.1. The van der Waals surface area contributed by atoms with Gasteiger partial charge in [0, 0.05) is 25.0 Å². The predicted molar refractivity (Wildman–Crippen MR) is 110 cm³/mol. The van der Waals surface area contributed by atoms with E-state index in [1.807, 2.05) is 30.3 Å². The number of hydrogen-bond donors (Lipinski definition) is 3. The summed E-state index contributed by atoms with van der Waals surface area (Å²) in [7, 11) is 1.35. The van der Waals surface area contributed by atoms with E-state index in [1.165, 1.54) is 13.4 Å². The van der Waals surface area contributed by atoms with Crippen LogP contribution in [0.3, 0.4) is 0 Å². The zero-order valence-electron chi connectivity index (χ0n) is 16.0. The van der Waals surface area contributed by atoms with Gasteiger partial charge >= 0.3 is 5.97 Å². The summed E-state index contributed by atoms with van der Waals surface area (Å²) in [6, 6.07) is 12.7. The number of nitrogens with one attached hydrogen (secondary N) is 3. The van der Waals surface area contributed by atoms with Crippen molar-refractivity contribution in [3.63, 3.8) is 0 Å². The molecule has 4 rings (SSSR count). The molecule has 3 heterocycles. The summed E-state index contributed by atoms with van der Waals surface area (Å²) in [5, 5.41) is 13.3. The van der Waals surface area contributed by atoms with E-state index in [0.717, 1.165) is 16.8 Å². The first kappa shape index (κ1) is 19.0. The van der Waals surface area contributed by atoms with Crippen LogP contribution in [0.25, 0.3) is 11.3 Å². The van der Waals surface area contributed by atoms with Crippen LogP contribution in [-0.4, -0.2) is 43.2 Å². The first-order valence-electron chi connectivity index (χ1n) is 9.04. The second-order valence-corrected chi connectivity index (χ2v) is 6.21. The number of hydrogen-bond acceptors (Lipinski definition) is 9. The molecule has 30 heavy (non-hydrogen) atoms. The SMILES string of the molecule is COC(=O)c1ccc(-c2cc(Nc3ncnc(NCc4cccnc4)n3)n[nH]2)cc1. The van der Waals surface area contributed by atoms with Gasteiger partial charge in [0.2, 0.25) is 11.9 Å². The van der Waals surface area contributed by atoms with Crippen molar-refractivity contribution >= 4 is 23.7 Å². The molecule has 0 aliphatic rings. The molecule has 4 aromatic rings. The standard InChI is InChI=1S/C20H18N8O2/c1-30-18(29)15-6-4-14(5-7-15)16-9-17(28-27-16)25-20-24-12-23-19(26-20)22-11-13-3-2-8-21-10-13/h2-10,12H,11H2,1H3,(H3,22,23,24,25,26,27,28). The summed E-state index contributed by atoms with van der Waals surface area (Å²) < 4.78 is 4.71. The van der Waals surface area contributed by atoms with Crippen LogP contribution in [0.2, 0.25) is 0 Å². The Kier molecular flexibility index (Phi) is 5.56. The normalized spacial score (nSPS) is 10.4. The van der Waals surface area contributed by atoms with Crippen molar-refractivity contribution in [3.05, 3.63) is 72.3 Å². The maximum atomic E-state index is 11.5. The van der Waals surface area contributed by atoms with Gasteiger partial charge in [-0.3, -0.25) is 10.1 Å². The maximum absolute atomic E-state index is 11.5. The average Bonchev–Trinajstić information content (AvgIpc) is 3.26. The van der Waals surface area contributed by atoms with Gasteiger partial charge in [-0.1, -0.05) is 18.2 Å². The lowest BCUT2D eigenvalue weighted by Crippen LogP contribution is -2.06. The Morgan fingerprint density at radius 3 is 2.73 bits per heavy atom. The van der Waals surface area contributed by atoms with E-state index in [0.29, 0.717) is 29.8 Å². The number of anilines is 3. The Balaban J connectivity index is 1.41. The minimum Gasteiger partial charge on any atom is -0.465 e. The number of pyridine rings is 1. The molecular weight excluding hydrogens is 384 g/mol. The van der Waals surface area contributed by atoms with Crippen LogP contribution >= 0.6 is 0 Å². The van der Waals surface area contributed by atoms with Crippen LogP contribution in [0, 0.1) is 0 Å². The molecular formula is C20H18N8O2. The van der Waals surface area contributed by atoms with E-state index in [2.05, 4.69) is 40.8 Å². The van der Waals surface area contributed by atoms with Gasteiger partial charge < -0.3 is 15.4 Å². The molecule has 0 radical (unpaired) electrons. The highest BCUT2D eigenvalue weighted by atomic mass is 16.5. The molecule has 0 bridgehead atoms. The number of aromatic amines is 1. The molecule has 3 N–H and O–H groups in total. The topological polar surface area (TPSA) is 131 Å². The summed E-state index contributed by atoms with van der Waals surface area (Å²) in [5.41, 5.74) is 3.15. The fourth-order valence-corrected chi connectivity index (χ4v) is 2.68. The fourth-order valence-electron chi connectivity index (χ4n) is 2.68. The maximum Gasteiger partial charge on any atom is 0.337 e. The number of methoxy groups -OCH3 is 1. The molecule has 1 aromatic carbocycles. The van der Waals surface area contributed by atoms with E-state index < -0.39 is 0 Å². The number of aromatic nitrogens is 6. The highest BCUT2D eigenvalue weighted by Crippen LogP contribution is 2.22. The molecule has 0 saturated heterocycles. The van der Waals surface area contributed by atoms with E-state index in [4.69, 9.17) is 4.74 Å². The minimum atomic E-state index is -0.378. The molecule has 10 nitrogen and oxygen atoms in total. The first-order chi connectivity index (χ1) is 14.7. The molecule has 3 aromatic heterocycles. The van der Waals surface area contributed by atoms with Crippen LogP contribution < -0.4 is 10.6 Å². The van der Waals surface area contributed by atoms with Gasteiger partial charge in [0.05, 0.1) is 18.4 Å². The molecule has 0 unspecified atom stereocenters. The molecule has 0 aliphatic carbocycles. The zero-order valence-corrected chi connectivity index (χ0v) is 16.0. The van der Waals surface area contributed by atoms with Gasteiger partial charge in [-0.25, -0.2) is 14.8 Å². The summed E-state index contributed by atoms with van der Waals surface area (Å²) in [6.45, 7) is 0.547. The van der Waals surface area contributed by atoms with Crippen molar-refractivity contribution in [3.8, 4) is 11.3 Å². The Bertz CT molecular complexity index is 1130. The van der Waals surface area contributed by atoms with Crippen LogP contribution in [-0.2, 0) is 11.3 Å². The van der Waals surface area contributed by atoms with Crippen molar-refractivity contribution in [1.82, 2.24) is 30.1 Å². The molecule has 0 spiro atoms. The molecule has 150 valence electrons. The van der Waals surface area contributed by atoms with Crippen molar-refractivity contribution in [2.45, 2.75) is 6.54 Å². The Labute approximate surface area is 171 Å². The Morgan fingerprint density at radius 2 is 1.97 bits per heavy atom. The molecule has 0 saturated carbocycles. The summed E-state index contributed by atoms with van der Waals surface area (Å²) in [4.78, 5) is 28.2. The van der Waals surface area contributed by atoms with Crippen molar-refractivity contribution in [2.75, 3.05) is 17.7 Å². The molecule has 0 amide bonds. The van der Waals surface area contributed by atoms with E-state index in [9.17, 15) is 4.79 Å². The highest BCUT2D eigenvalue weighted by Gasteiger charge is 2.09. The van der Waals surface area contributed by atoms with E-state index in [-0.39, 0.29) is 5.97 Å². The monoisotopic (exact) mass is 402 g/mol. The third kappa shape index (κ3) is 4.55. The summed E-state index contributed by atoms with van der Waals surface area (Å²) >= 11 is 0. The number of nitrogens with zero attached hydrogens (tertiary/aromatic N) is 5. The van der Waals surface area contributed by atoms with Crippen molar-refractivity contribution in [2.24, 2.45) is 0 Å². The van der Waals surface area contributed by atoms with Crippen LogP contribution in [0.4, 0.5) is 17.7 Å². The average molecular weight is 402 g/mol. The summed E-state index contributed by atoms with van der Waals surface area (Å²) in [6.07, 6.45) is 4.91. The van der Waals surface area contributed by atoms with Crippen molar-refractivity contribution < 1.29 is 9.53 Å². The first-order valence-corrected chi connectivity index (χ1v) is 9.04. The van der Waals surface area contributed by atoms with Crippen LogP contribution in [0.15, 0.2) is 61.2 Å². The van der Waals surface area contributed by atoms with Gasteiger partial charge in [-0.2, -0.15) is 10.1 Å². The van der Waals surface area contributed by atoms with Crippen LogP contribution in [0.5, 0.6) is 0 Å². The minimum absolute atomic E-state index is 0.359. The van der Waals surface area contributed by atoms with Gasteiger partial charge in [0.25, 0.3) is 0 Å². The number of rotatable bonds is 7. The third-order valence-electron chi connectivity index (χ3n) is 4.18. The Hall–Kier alpha value is -4.34. The smallest absolute Gasteiger partial charge is 0.337 e. The highest BCUT2D eigenvalue weighted by molar-refractivity contribution is 5.89. The second kappa shape index (κ2) is 8.78. The quantitative estimate of drug-likeness (QED) is 0.399. The fraction of sp³-hybridized carbons (Fsp3) is 0.100. The van der Waals surface area contributed by atoms with Crippen LogP contribution in [0.1, 0.15) is 15.9 Å². The molecule has 10 heteroatoms. The number of esters is 1. The van der Waals surface area contributed by atoms with Gasteiger partial charge in [0.15, 0.2) is 5.82 Å². The number of carbonyl (C=O) groups excluding carboxylic acids is 1. The number of carbonyl (C=O) groups is 1. The van der Waals surface area contributed by atoms with Gasteiger partial charge in [-0.15, -0.1) is 0 Å². The zero-order chi connectivity index (χ0) is 20.8. The number of benzene rings is 1. The lowest BCUT2D eigenvalue weighted by Gasteiger charge is -2.06. The van der Waals surface area contributed by atoms with E-state index in [1.54, 1.807) is 24.5 Å². The third-order valence-corrected chi connectivity index (χ3v) is 4.18. The Morgan fingerprint density at radius 1 is 1.13 bits per heavy atom. The van der Waals surface area contributed by atoms with E-state index >= 15 is 0 Å². The molecule has 0 atom stereocenters. The summed E-state index contributed by atoms with van der Waals surface area (Å²) in [5.74, 6) is 0.964. The molecule has 0 fully saturated rings. The van der Waals surface area contributed by atoms with Crippen molar-refractivity contribution in [1.29, 1.82) is 0 Å². The second-order valence-electron chi connectivity index (χ2n) is 6.21. The lowest BCUT2D eigenvalue weighted by molar-refractivity contribution is 0.0601. The predicted octanol–water partition coefficient (Wildman–Crippen LogP) is 2.80. The number of H-pyrrole nitrogens is 1. The molecule has 0 aliphatic heterocycles. The van der Waals surface area contributed by atoms with Gasteiger partial charge in [-0.05, 0) is 29.3 Å². The largest absolute Gasteiger partial charge is 0.465 e. The number of ether oxygens (including phenoxy) is 1. The van der Waals surface area contributed by atoms with Gasteiger partial charge in [0.1, 0.15) is 6.33 Å².